The van der Waals surface area contributed by atoms with Crippen molar-refractivity contribution in [2.75, 3.05) is 36.4 Å². The fourth-order valence-electron chi connectivity index (χ4n) is 4.00. The van der Waals surface area contributed by atoms with Gasteiger partial charge in [0.1, 0.15) is 17.3 Å². The standard InChI is InChI=1S/C21H26N6O2/c28-20(25-18-8-4-5-9-23-18)17-14-22-15-19(24-17)26-10-12-27(13-11-26)21(29)16-6-2-1-3-7-16/h4-5,8-9,14-16H,1-3,6-7,10-13H2,(H,23,25,28). The average Bonchev–Trinajstić information content (AvgIpc) is 2.80. The molecule has 1 aliphatic carbocycles. The van der Waals surface area contributed by atoms with Gasteiger partial charge in [0.2, 0.25) is 5.91 Å². The van der Waals surface area contributed by atoms with Crippen molar-refractivity contribution in [2.45, 2.75) is 32.1 Å². The second kappa shape index (κ2) is 8.98. The van der Waals surface area contributed by atoms with E-state index in [1.165, 1.54) is 25.5 Å². The highest BCUT2D eigenvalue weighted by molar-refractivity contribution is 6.02. The van der Waals surface area contributed by atoms with E-state index in [1.807, 2.05) is 4.90 Å². The van der Waals surface area contributed by atoms with E-state index < -0.39 is 0 Å². The van der Waals surface area contributed by atoms with Gasteiger partial charge in [-0.15, -0.1) is 0 Å². The summed E-state index contributed by atoms with van der Waals surface area (Å²) >= 11 is 0. The molecule has 1 aliphatic heterocycles. The van der Waals surface area contributed by atoms with Crippen LogP contribution in [0.4, 0.5) is 11.6 Å². The molecule has 4 rings (SSSR count). The van der Waals surface area contributed by atoms with Crippen molar-refractivity contribution in [2.24, 2.45) is 5.92 Å². The predicted molar refractivity (Wildman–Crippen MR) is 110 cm³/mol. The van der Waals surface area contributed by atoms with Gasteiger partial charge in [0.25, 0.3) is 5.91 Å². The lowest BCUT2D eigenvalue weighted by molar-refractivity contribution is -0.136. The number of piperazine rings is 1. The van der Waals surface area contributed by atoms with Crippen LogP contribution in [-0.4, -0.2) is 57.8 Å². The van der Waals surface area contributed by atoms with Crippen LogP contribution in [0.15, 0.2) is 36.8 Å². The van der Waals surface area contributed by atoms with Gasteiger partial charge >= 0.3 is 0 Å². The fraction of sp³-hybridized carbons (Fsp3) is 0.476. The van der Waals surface area contributed by atoms with Gasteiger partial charge in [-0.3, -0.25) is 14.6 Å². The lowest BCUT2D eigenvalue weighted by atomic mass is 9.88. The lowest BCUT2D eigenvalue weighted by Gasteiger charge is -2.37. The van der Waals surface area contributed by atoms with Gasteiger partial charge in [-0.2, -0.15) is 0 Å². The molecule has 1 N–H and O–H groups in total. The molecular formula is C21H26N6O2. The van der Waals surface area contributed by atoms with Crippen LogP contribution in [0.25, 0.3) is 0 Å². The molecule has 0 unspecified atom stereocenters. The van der Waals surface area contributed by atoms with Gasteiger partial charge in [0.15, 0.2) is 0 Å². The Bertz CT molecular complexity index is 845. The van der Waals surface area contributed by atoms with E-state index in [-0.39, 0.29) is 17.5 Å². The first-order chi connectivity index (χ1) is 14.2. The number of carbonyl (C=O) groups is 2. The lowest BCUT2D eigenvalue weighted by Crippen LogP contribution is -2.51. The Hall–Kier alpha value is -3.03. The van der Waals surface area contributed by atoms with Gasteiger partial charge in [-0.05, 0) is 25.0 Å². The van der Waals surface area contributed by atoms with E-state index in [2.05, 4.69) is 25.2 Å². The molecule has 8 heteroatoms. The SMILES string of the molecule is O=C(Nc1ccccn1)c1cncc(N2CCN(C(=O)C3CCCCC3)CC2)n1. The molecule has 29 heavy (non-hydrogen) atoms. The largest absolute Gasteiger partial charge is 0.352 e. The summed E-state index contributed by atoms with van der Waals surface area (Å²) in [5, 5.41) is 2.72. The molecule has 0 radical (unpaired) electrons. The van der Waals surface area contributed by atoms with Crippen molar-refractivity contribution in [3.8, 4) is 0 Å². The smallest absolute Gasteiger partial charge is 0.277 e. The van der Waals surface area contributed by atoms with Crippen molar-refractivity contribution in [3.05, 3.63) is 42.5 Å². The molecule has 1 saturated carbocycles. The molecule has 0 spiro atoms. The Morgan fingerprint density at radius 3 is 2.52 bits per heavy atom. The summed E-state index contributed by atoms with van der Waals surface area (Å²) in [5.41, 5.74) is 0.244. The molecule has 2 fully saturated rings. The zero-order valence-electron chi connectivity index (χ0n) is 16.5. The van der Waals surface area contributed by atoms with Crippen molar-refractivity contribution < 1.29 is 9.59 Å². The van der Waals surface area contributed by atoms with Gasteiger partial charge < -0.3 is 15.1 Å². The number of carbonyl (C=O) groups excluding carboxylic acids is 2. The van der Waals surface area contributed by atoms with Gasteiger partial charge in [0.05, 0.1) is 12.4 Å². The molecule has 0 bridgehead atoms. The van der Waals surface area contributed by atoms with E-state index in [1.54, 1.807) is 30.6 Å². The number of hydrogen-bond donors (Lipinski definition) is 1. The molecule has 0 aromatic carbocycles. The maximum atomic E-state index is 12.7. The molecule has 2 aliphatic rings. The highest BCUT2D eigenvalue weighted by Gasteiger charge is 2.29. The number of nitrogens with one attached hydrogen (secondary N) is 1. The van der Waals surface area contributed by atoms with E-state index in [0.717, 1.165) is 12.8 Å². The van der Waals surface area contributed by atoms with Crippen LogP contribution >= 0.6 is 0 Å². The second-order valence-electron chi connectivity index (χ2n) is 7.58. The molecule has 2 aromatic heterocycles. The highest BCUT2D eigenvalue weighted by atomic mass is 16.2. The number of pyridine rings is 1. The van der Waals surface area contributed by atoms with Crippen molar-refractivity contribution >= 4 is 23.5 Å². The number of nitrogens with zero attached hydrogens (tertiary/aromatic N) is 5. The molecule has 0 atom stereocenters. The third-order valence-corrected chi connectivity index (χ3v) is 5.63. The number of aromatic nitrogens is 3. The summed E-state index contributed by atoms with van der Waals surface area (Å²) in [6.45, 7) is 2.75. The first kappa shape index (κ1) is 19.3. The number of anilines is 2. The molecule has 1 saturated heterocycles. The van der Waals surface area contributed by atoms with Gasteiger partial charge in [0, 0.05) is 38.3 Å². The van der Waals surface area contributed by atoms with E-state index in [0.29, 0.717) is 43.7 Å². The zero-order chi connectivity index (χ0) is 20.1. The third kappa shape index (κ3) is 4.70. The third-order valence-electron chi connectivity index (χ3n) is 5.63. The van der Waals surface area contributed by atoms with Gasteiger partial charge in [-0.1, -0.05) is 25.3 Å². The zero-order valence-corrected chi connectivity index (χ0v) is 16.5. The Balaban J connectivity index is 1.35. The topological polar surface area (TPSA) is 91.3 Å². The minimum Gasteiger partial charge on any atom is -0.352 e. The Labute approximate surface area is 170 Å². The normalized spacial score (nSPS) is 17.8. The first-order valence-corrected chi connectivity index (χ1v) is 10.3. The number of rotatable bonds is 4. The Morgan fingerprint density at radius 1 is 1.00 bits per heavy atom. The minimum absolute atomic E-state index is 0.203. The van der Waals surface area contributed by atoms with Crippen LogP contribution in [0.1, 0.15) is 42.6 Å². The van der Waals surface area contributed by atoms with Crippen LogP contribution in [-0.2, 0) is 4.79 Å². The van der Waals surface area contributed by atoms with Crippen LogP contribution in [0.2, 0.25) is 0 Å². The summed E-state index contributed by atoms with van der Waals surface area (Å²) in [6, 6.07) is 5.31. The Kier molecular flexibility index (Phi) is 5.97. The van der Waals surface area contributed by atoms with Crippen LogP contribution in [0.3, 0.4) is 0 Å². The van der Waals surface area contributed by atoms with Crippen LogP contribution in [0, 0.1) is 5.92 Å². The maximum Gasteiger partial charge on any atom is 0.277 e. The monoisotopic (exact) mass is 394 g/mol. The molecule has 2 aromatic rings. The molecular weight excluding hydrogens is 368 g/mol. The molecule has 152 valence electrons. The molecule has 8 nitrogen and oxygen atoms in total. The summed E-state index contributed by atoms with van der Waals surface area (Å²) in [4.78, 5) is 42.0. The van der Waals surface area contributed by atoms with E-state index in [9.17, 15) is 9.59 Å². The average molecular weight is 394 g/mol. The quantitative estimate of drug-likeness (QED) is 0.856. The maximum absolute atomic E-state index is 12.7. The summed E-state index contributed by atoms with van der Waals surface area (Å²) in [7, 11) is 0. The summed E-state index contributed by atoms with van der Waals surface area (Å²) in [6.07, 6.45) is 10.4. The van der Waals surface area contributed by atoms with Crippen LogP contribution in [0.5, 0.6) is 0 Å². The van der Waals surface area contributed by atoms with Crippen molar-refractivity contribution in [3.63, 3.8) is 0 Å². The highest BCUT2D eigenvalue weighted by Crippen LogP contribution is 2.26. The summed E-state index contributed by atoms with van der Waals surface area (Å²) in [5.74, 6) is 1.29. The fourth-order valence-corrected chi connectivity index (χ4v) is 4.00. The molecule has 3 heterocycles. The van der Waals surface area contributed by atoms with E-state index >= 15 is 0 Å². The Morgan fingerprint density at radius 2 is 1.79 bits per heavy atom. The minimum atomic E-state index is -0.343. The van der Waals surface area contributed by atoms with Crippen LogP contribution < -0.4 is 10.2 Å². The first-order valence-electron chi connectivity index (χ1n) is 10.3. The van der Waals surface area contributed by atoms with Crippen molar-refractivity contribution in [1.82, 2.24) is 19.9 Å². The van der Waals surface area contributed by atoms with E-state index in [4.69, 9.17) is 0 Å². The van der Waals surface area contributed by atoms with Gasteiger partial charge in [-0.25, -0.2) is 9.97 Å². The molecule has 2 amide bonds. The second-order valence-corrected chi connectivity index (χ2v) is 7.58. The van der Waals surface area contributed by atoms with Crippen molar-refractivity contribution in [1.29, 1.82) is 0 Å². The predicted octanol–water partition coefficient (Wildman–Crippen LogP) is 2.35. The summed E-state index contributed by atoms with van der Waals surface area (Å²) < 4.78 is 0. The number of hydrogen-bond acceptors (Lipinski definition) is 6. The number of amides is 2.